The van der Waals surface area contributed by atoms with Gasteiger partial charge < -0.3 is 22.4 Å². The molecule has 0 fully saturated rings. The zero-order valence-electron chi connectivity index (χ0n) is 45.2. The first-order valence-corrected chi connectivity index (χ1v) is 36.9. The summed E-state index contributed by atoms with van der Waals surface area (Å²) in [5.74, 6) is 1.13. The molecule has 0 amide bonds. The lowest BCUT2D eigenvalue weighted by Crippen LogP contribution is -2.66. The van der Waals surface area contributed by atoms with Crippen LogP contribution in [0.15, 0.2) is 119 Å². The highest BCUT2D eigenvalue weighted by molar-refractivity contribution is 7.91. The maximum atomic E-state index is 14.4. The van der Waals surface area contributed by atoms with Crippen LogP contribution in [0.2, 0.25) is 59.4 Å². The number of hydrogen-bond donors (Lipinski definition) is 0. The summed E-state index contributed by atoms with van der Waals surface area (Å²) in [5.41, 5.74) is 0.0281. The van der Waals surface area contributed by atoms with Crippen LogP contribution < -0.4 is 10.4 Å². The minimum Gasteiger partial charge on any atom is -0.541 e. The lowest BCUT2D eigenvalue weighted by molar-refractivity contribution is -0.0163. The van der Waals surface area contributed by atoms with E-state index < -0.39 is 48.5 Å². The molecule has 3 atom stereocenters. The van der Waals surface area contributed by atoms with Gasteiger partial charge in [-0.3, -0.25) is 0 Å². The van der Waals surface area contributed by atoms with Gasteiger partial charge in [-0.2, -0.15) is 0 Å². The Bertz CT molecular complexity index is 2170. The third kappa shape index (κ3) is 13.4. The highest BCUT2D eigenvalue weighted by Crippen LogP contribution is 2.47. The van der Waals surface area contributed by atoms with Gasteiger partial charge in [0, 0.05) is 18.3 Å². The quantitative estimate of drug-likeness (QED) is 0.0984. The molecule has 67 heavy (non-hydrogen) atoms. The second kappa shape index (κ2) is 21.8. The fraction of sp³-hybridized carbons (Fsp3) is 0.600. The molecule has 374 valence electrons. The van der Waals surface area contributed by atoms with Crippen LogP contribution in [0.3, 0.4) is 0 Å². The molecule has 0 saturated heterocycles. The van der Waals surface area contributed by atoms with Crippen molar-refractivity contribution in [2.45, 2.75) is 199 Å². The van der Waals surface area contributed by atoms with Gasteiger partial charge in [0.1, 0.15) is 17.6 Å². The molecule has 0 unspecified atom stereocenters. The molecule has 0 radical (unpaired) electrons. The van der Waals surface area contributed by atoms with Crippen molar-refractivity contribution in [3.8, 4) is 0 Å². The third-order valence-corrected chi connectivity index (χ3v) is 36.0. The van der Waals surface area contributed by atoms with E-state index in [-0.39, 0.29) is 39.2 Å². The van der Waals surface area contributed by atoms with Gasteiger partial charge in [0.05, 0.1) is 29.5 Å². The lowest BCUT2D eigenvalue weighted by Gasteiger charge is -2.46. The van der Waals surface area contributed by atoms with Crippen LogP contribution >= 0.6 is 0 Å². The van der Waals surface area contributed by atoms with Gasteiger partial charge in [0.15, 0.2) is 26.5 Å². The summed E-state index contributed by atoms with van der Waals surface area (Å²) in [6.07, 6.45) is 2.51. The van der Waals surface area contributed by atoms with Gasteiger partial charge in [0.2, 0.25) is 0 Å². The molecule has 0 spiro atoms. The number of benzene rings is 3. The third-order valence-electron chi connectivity index (χ3n) is 15.4. The van der Waals surface area contributed by atoms with Crippen LogP contribution in [0.25, 0.3) is 0 Å². The first kappa shape index (κ1) is 57.0. The van der Waals surface area contributed by atoms with Gasteiger partial charge in [-0.15, -0.1) is 0 Å². The Balaban J connectivity index is 2.01. The molecular weight excluding hydrogens is 917 g/mol. The topological polar surface area (TPSA) is 80.3 Å². The van der Waals surface area contributed by atoms with Crippen molar-refractivity contribution in [3.05, 3.63) is 114 Å². The molecule has 4 rings (SSSR count). The van der Waals surface area contributed by atoms with E-state index in [2.05, 4.69) is 183 Å². The number of rotatable bonds is 21. The molecule has 0 bridgehead atoms. The van der Waals surface area contributed by atoms with E-state index in [1.54, 1.807) is 24.3 Å². The minimum absolute atomic E-state index is 0.00968. The van der Waals surface area contributed by atoms with Crippen LogP contribution in [-0.4, -0.2) is 72.4 Å². The van der Waals surface area contributed by atoms with E-state index in [1.165, 1.54) is 10.4 Å². The first-order valence-electron chi connectivity index (χ1n) is 25.0. The number of allylic oxidation sites excluding steroid dienone is 2. The highest BCUT2D eigenvalue weighted by Gasteiger charge is 2.51. The Kier molecular flexibility index (Phi) is 18.6. The second-order valence-electron chi connectivity index (χ2n) is 23.8. The summed E-state index contributed by atoms with van der Waals surface area (Å²) in [6.45, 7) is 43.1. The molecular formula is C55H90O7SSi4. The van der Waals surface area contributed by atoms with Crippen molar-refractivity contribution < 1.29 is 30.9 Å². The van der Waals surface area contributed by atoms with Crippen LogP contribution in [0.1, 0.15) is 117 Å². The first-order chi connectivity index (χ1) is 30.8. The van der Waals surface area contributed by atoms with Crippen molar-refractivity contribution in [1.29, 1.82) is 0 Å². The molecule has 0 saturated carbocycles. The Hall–Kier alpha value is -2.56. The van der Waals surface area contributed by atoms with Crippen LogP contribution in [0.4, 0.5) is 0 Å². The predicted molar refractivity (Wildman–Crippen MR) is 293 cm³/mol. The average Bonchev–Trinajstić information content (AvgIpc) is 3.23. The Morgan fingerprint density at radius 1 is 0.672 bits per heavy atom. The van der Waals surface area contributed by atoms with Crippen molar-refractivity contribution in [1.82, 2.24) is 0 Å². The average molecular weight is 1010 g/mol. The van der Waals surface area contributed by atoms with E-state index >= 15 is 0 Å². The maximum absolute atomic E-state index is 14.4. The van der Waals surface area contributed by atoms with E-state index in [0.717, 1.165) is 23.7 Å². The number of hydrogen-bond acceptors (Lipinski definition) is 7. The predicted octanol–water partition coefficient (Wildman–Crippen LogP) is 14.2. The molecule has 3 aromatic carbocycles. The highest BCUT2D eigenvalue weighted by atomic mass is 32.2. The van der Waals surface area contributed by atoms with E-state index in [4.69, 9.17) is 22.4 Å². The second-order valence-corrected chi connectivity index (χ2v) is 44.3. The zero-order valence-corrected chi connectivity index (χ0v) is 50.0. The molecule has 12 heteroatoms. The van der Waals surface area contributed by atoms with Crippen LogP contribution in [0.5, 0.6) is 0 Å². The summed E-state index contributed by atoms with van der Waals surface area (Å²) >= 11 is 0. The minimum atomic E-state index is -3.74. The van der Waals surface area contributed by atoms with Gasteiger partial charge >= 0.3 is 0 Å². The molecule has 0 aliphatic carbocycles. The van der Waals surface area contributed by atoms with E-state index in [1.807, 2.05) is 19.9 Å². The van der Waals surface area contributed by atoms with Gasteiger partial charge in [-0.25, -0.2) is 8.42 Å². The van der Waals surface area contributed by atoms with Crippen molar-refractivity contribution in [3.63, 3.8) is 0 Å². The SMILES string of the molecule is CC[Si](CC)(CC)OC1=C(C(C)(C)CS(=O)(=O)c2ccccc2)O[C@H](C[C@@H](O[Si](C)(C)C(C)(C)C)[C@@H](C)O[Si](C)(C)C(C)(C)C)C/C1=C\CO[Si](c1ccccc1)(c1ccccc1)C(C)(C)C. The van der Waals surface area contributed by atoms with E-state index in [0.29, 0.717) is 35.9 Å². The summed E-state index contributed by atoms with van der Waals surface area (Å²) in [5, 5.41) is 2.19. The fourth-order valence-electron chi connectivity index (χ4n) is 8.96. The van der Waals surface area contributed by atoms with Crippen molar-refractivity contribution in [2.24, 2.45) is 5.41 Å². The van der Waals surface area contributed by atoms with E-state index in [9.17, 15) is 8.42 Å². The monoisotopic (exact) mass is 1010 g/mol. The number of sulfone groups is 1. The largest absolute Gasteiger partial charge is 0.541 e. The molecule has 1 heterocycles. The van der Waals surface area contributed by atoms with Crippen molar-refractivity contribution >= 4 is 53.5 Å². The molecule has 1 aliphatic heterocycles. The Morgan fingerprint density at radius 3 is 1.55 bits per heavy atom. The number of ether oxygens (including phenoxy) is 1. The van der Waals surface area contributed by atoms with Crippen LogP contribution in [-0.2, 0) is 32.3 Å². The van der Waals surface area contributed by atoms with Gasteiger partial charge in [-0.1, -0.05) is 182 Å². The zero-order chi connectivity index (χ0) is 50.5. The normalized spacial score (nSPS) is 17.9. The standard InChI is InChI=1S/C55H90O7SSi4/c1-20-66(21-2,22-3)62-50-44(38-39-58-67(54(11,12)13,47-34-28-24-29-35-47)48-36-30-25-31-37-48)40-45(59-51(50)55(14,15)42-63(56,57)46-32-26-23-27-33-46)41-49(61-65(18,19)53(8,9)10)43(4)60-64(16,17)52(5,6)7/h23-38,43,45,49H,20-22,39-42H2,1-19H3/b44-38+/t43-,45+,49-/m1/s1. The fourth-order valence-corrected chi connectivity index (χ4v) is 20.7. The molecule has 1 aliphatic rings. The lowest BCUT2D eigenvalue weighted by atomic mass is 9.87. The van der Waals surface area contributed by atoms with Gasteiger partial charge in [-0.05, 0) is 94.4 Å². The Morgan fingerprint density at radius 2 is 1.12 bits per heavy atom. The van der Waals surface area contributed by atoms with Crippen LogP contribution in [0, 0.1) is 5.41 Å². The molecule has 0 N–H and O–H groups in total. The maximum Gasteiger partial charge on any atom is 0.261 e. The molecule has 3 aromatic rings. The Labute approximate surface area is 413 Å². The van der Waals surface area contributed by atoms with Crippen molar-refractivity contribution in [2.75, 3.05) is 12.4 Å². The van der Waals surface area contributed by atoms with Gasteiger partial charge in [0.25, 0.3) is 16.6 Å². The summed E-state index contributed by atoms with van der Waals surface area (Å²) in [7, 11) is -13.6. The smallest absolute Gasteiger partial charge is 0.261 e. The molecule has 7 nitrogen and oxygen atoms in total. The molecule has 0 aromatic heterocycles. The summed E-state index contributed by atoms with van der Waals surface area (Å²) in [6, 6.07) is 33.1. The summed E-state index contributed by atoms with van der Waals surface area (Å²) < 4.78 is 66.0. The summed E-state index contributed by atoms with van der Waals surface area (Å²) in [4.78, 5) is 0.298.